The second-order valence-corrected chi connectivity index (χ2v) is 28.7. The molecule has 546 valence electrons. The molecule has 0 bridgehead atoms. The summed E-state index contributed by atoms with van der Waals surface area (Å²) in [5, 5.41) is 11.9. The highest BCUT2D eigenvalue weighted by Crippen LogP contribution is 2.32. The van der Waals surface area contributed by atoms with Gasteiger partial charge in [0.1, 0.15) is 23.0 Å². The molecule has 2 radical (unpaired) electrons. The number of anilines is 4. The highest BCUT2D eigenvalue weighted by atomic mass is 16.5. The minimum atomic E-state index is -0.160. The molecule has 4 N–H and O–H groups in total. The predicted molar refractivity (Wildman–Crippen MR) is 443 cm³/mol. The second kappa shape index (κ2) is 37.5. The van der Waals surface area contributed by atoms with Crippen molar-refractivity contribution < 1.29 is 46.2 Å². The van der Waals surface area contributed by atoms with E-state index < -0.39 is 0 Å². The minimum absolute atomic E-state index is 0. The highest BCUT2D eigenvalue weighted by molar-refractivity contribution is 6.16. The molecule has 0 unspecified atom stereocenters. The fourth-order valence-corrected chi connectivity index (χ4v) is 12.3. The van der Waals surface area contributed by atoms with Gasteiger partial charge >= 0.3 is 15.1 Å². The Balaban J connectivity index is 0.000000324. The molecule has 0 fully saturated rings. The SMILES string of the molecule is CCc1ccc(C(=O)Nc2ccc(-c3ccc(-c4ccc(NC(=O)c5ccc(C[N+](C)(C)[B][N+](C)(C)C)cc5)cc4)cc3)cc2)cc1.CCc1ccc(C(=O)Nc2ccc(Oc3ccc(-c4ccc(Oc5ccc(NC(=O)c6ccc(C[N+](C)(C)[B][N+](C)(C)C)cc6)cc5)cc4)cc3)cc2)cc1.[CH3-].[CH3-].[CH3-].[CH3-]. The smallest absolute Gasteiger partial charge is 0.457 e. The molecular weight excluding hydrogens is 1310 g/mol. The second-order valence-electron chi connectivity index (χ2n) is 28.7. The molecule has 0 atom stereocenters. The van der Waals surface area contributed by atoms with E-state index in [0.29, 0.717) is 56.6 Å². The molecule has 4 amide bonds. The van der Waals surface area contributed by atoms with Crippen molar-refractivity contribution in [3.8, 4) is 56.4 Å². The van der Waals surface area contributed by atoms with Crippen LogP contribution in [0.15, 0.2) is 267 Å². The Morgan fingerprint density at radius 1 is 0.264 bits per heavy atom. The monoisotopic (exact) mass is 1410 g/mol. The number of carbonyl (C=O) groups is 4. The van der Waals surface area contributed by atoms with Crippen LogP contribution in [-0.2, 0) is 25.9 Å². The van der Waals surface area contributed by atoms with Crippen LogP contribution in [0.5, 0.6) is 23.0 Å². The fraction of sp³-hybridized carbons (Fsp3) is 0.178. The van der Waals surface area contributed by atoms with Gasteiger partial charge in [-0.25, -0.2) is 0 Å². The van der Waals surface area contributed by atoms with Gasteiger partial charge in [0, 0.05) is 56.1 Å². The molecule has 0 saturated heterocycles. The number of benzene rings is 11. The topological polar surface area (TPSA) is 135 Å². The maximum atomic E-state index is 12.9. The summed E-state index contributed by atoms with van der Waals surface area (Å²) in [4.78, 5) is 51.1. The molecule has 0 aliphatic heterocycles. The Bertz CT molecular complexity index is 4600. The van der Waals surface area contributed by atoms with E-state index in [9.17, 15) is 19.2 Å². The maximum Gasteiger partial charge on any atom is 0.791 e. The number of aryl methyl sites for hydroxylation is 2. The van der Waals surface area contributed by atoms with E-state index in [-0.39, 0.29) is 53.3 Å². The standard InChI is InChI=1S/C46H48BN4O4.C40H44BN4O2.4CH3/c1-7-33-8-12-37(13-9-33)45(52)48-39-20-28-43(29-21-39)54-41-24-16-35(17-25-41)36-18-26-42(27-19-36)55-44-30-22-40(23-31-44)49-46(53)38-14-10-34(11-15-38)32-51(5,6)47-50(2,3)4;1-7-29-8-12-35(13-9-29)39(46)42-37-24-20-33(21-25-37)31-16-18-32(19-17-31)34-22-26-38(27-23-34)43-40(47)36-14-10-30(11-15-36)28-45(5,6)41-44(2,3)4;;;;/h8-31H,7,32H2,1-6H3,(H,48,52)(H,49,53);8-27H,7,28H2,1-6H3,(H,42,46)(H,43,47);4*1H3/q2*+2;4*-1. The van der Waals surface area contributed by atoms with Crippen LogP contribution in [0.25, 0.3) is 33.4 Å². The van der Waals surface area contributed by atoms with Crippen LogP contribution >= 0.6 is 0 Å². The van der Waals surface area contributed by atoms with E-state index in [2.05, 4.69) is 145 Å². The quantitative estimate of drug-likeness (QED) is 0.0333. The van der Waals surface area contributed by atoms with Gasteiger partial charge in [-0.05, 0) is 203 Å². The number of rotatable bonds is 25. The summed E-state index contributed by atoms with van der Waals surface area (Å²) < 4.78 is 15.1. The Morgan fingerprint density at radius 3 is 0.651 bits per heavy atom. The first kappa shape index (κ1) is 83.8. The fourth-order valence-electron chi connectivity index (χ4n) is 12.3. The van der Waals surface area contributed by atoms with Crippen LogP contribution < -0.4 is 30.7 Å². The van der Waals surface area contributed by atoms with E-state index in [4.69, 9.17) is 9.47 Å². The zero-order valence-electron chi connectivity index (χ0n) is 64.6. The number of hydrogen-bond donors (Lipinski definition) is 4. The zero-order valence-corrected chi connectivity index (χ0v) is 64.6. The molecule has 0 heterocycles. The van der Waals surface area contributed by atoms with Crippen molar-refractivity contribution >= 4 is 61.5 Å². The van der Waals surface area contributed by atoms with Crippen LogP contribution in [-0.4, -0.2) is 127 Å². The molecule has 11 aromatic carbocycles. The van der Waals surface area contributed by atoms with E-state index in [0.717, 1.165) is 88.3 Å². The lowest BCUT2D eigenvalue weighted by atomic mass is 9.97. The zero-order chi connectivity index (χ0) is 72.6. The molecule has 0 spiro atoms. The normalized spacial score (nSPS) is 11.0. The molecule has 0 aliphatic carbocycles. The van der Waals surface area contributed by atoms with E-state index >= 15 is 0 Å². The first-order valence-electron chi connectivity index (χ1n) is 34.4. The minimum Gasteiger partial charge on any atom is -0.457 e. The van der Waals surface area contributed by atoms with Gasteiger partial charge in [0.05, 0.1) is 83.6 Å². The molecule has 0 aromatic heterocycles. The summed E-state index contributed by atoms with van der Waals surface area (Å²) in [5.74, 6) is 2.20. The van der Waals surface area contributed by atoms with Gasteiger partial charge in [-0.3, -0.25) is 19.2 Å². The van der Waals surface area contributed by atoms with Crippen molar-refractivity contribution in [2.24, 2.45) is 0 Å². The molecule has 14 nitrogen and oxygen atoms in total. The lowest BCUT2D eigenvalue weighted by molar-refractivity contribution is -0.888. The van der Waals surface area contributed by atoms with Gasteiger partial charge in [-0.1, -0.05) is 135 Å². The number of ether oxygens (including phenoxy) is 2. The van der Waals surface area contributed by atoms with Crippen LogP contribution in [0, 0.1) is 29.7 Å². The average Bonchev–Trinajstić information content (AvgIpc) is 0.834. The van der Waals surface area contributed by atoms with Gasteiger partial charge in [-0.2, -0.15) is 0 Å². The summed E-state index contributed by atoms with van der Waals surface area (Å²) >= 11 is 0. The molecule has 0 aliphatic rings. The molecule has 0 saturated carbocycles. The number of amides is 4. The Morgan fingerprint density at radius 2 is 0.443 bits per heavy atom. The molecule has 16 heteroatoms. The summed E-state index contributed by atoms with van der Waals surface area (Å²) in [6, 6.07) is 85.6. The summed E-state index contributed by atoms with van der Waals surface area (Å²) in [6.07, 6.45) is 1.88. The number of quaternary nitrogens is 4. The van der Waals surface area contributed by atoms with E-state index in [1.165, 1.54) is 22.3 Å². The van der Waals surface area contributed by atoms with E-state index in [1.807, 2.05) is 243 Å². The lowest BCUT2D eigenvalue weighted by Gasteiger charge is -2.32. The van der Waals surface area contributed by atoms with Crippen molar-refractivity contribution in [1.29, 1.82) is 0 Å². The molecule has 11 rings (SSSR count). The first-order chi connectivity index (χ1) is 48.7. The van der Waals surface area contributed by atoms with Crippen molar-refractivity contribution in [2.75, 3.05) is 91.7 Å². The number of nitrogens with one attached hydrogen (secondary N) is 4. The third-order valence-electron chi connectivity index (χ3n) is 16.8. The highest BCUT2D eigenvalue weighted by Gasteiger charge is 2.37. The third kappa shape index (κ3) is 25.1. The van der Waals surface area contributed by atoms with Crippen LogP contribution in [0.3, 0.4) is 0 Å². The van der Waals surface area contributed by atoms with Crippen molar-refractivity contribution in [3.05, 3.63) is 341 Å². The van der Waals surface area contributed by atoms with Crippen molar-refractivity contribution in [2.45, 2.75) is 39.8 Å². The van der Waals surface area contributed by atoms with Gasteiger partial charge in [0.25, 0.3) is 23.6 Å². The lowest BCUT2D eigenvalue weighted by Crippen LogP contribution is -2.56. The number of carbonyl (C=O) groups excluding carboxylic acids is 4. The first-order valence-corrected chi connectivity index (χ1v) is 34.4. The van der Waals surface area contributed by atoms with Crippen LogP contribution in [0.2, 0.25) is 0 Å². The Kier molecular flexibility index (Phi) is 29.7. The predicted octanol–water partition coefficient (Wildman–Crippen LogP) is 19.5. The van der Waals surface area contributed by atoms with Crippen LogP contribution in [0.1, 0.15) is 77.5 Å². The third-order valence-corrected chi connectivity index (χ3v) is 16.8. The Hall–Kier alpha value is -11.1. The Labute approximate surface area is 633 Å². The largest absolute Gasteiger partial charge is 0.791 e. The van der Waals surface area contributed by atoms with E-state index in [1.54, 1.807) is 0 Å². The summed E-state index contributed by atoms with van der Waals surface area (Å²) in [6.45, 7) is 5.87. The van der Waals surface area contributed by atoms with Gasteiger partial charge in [0.15, 0.2) is 0 Å². The van der Waals surface area contributed by atoms with Crippen molar-refractivity contribution in [1.82, 2.24) is 0 Å². The maximum absolute atomic E-state index is 12.9. The average molecular weight is 1420 g/mol. The summed E-state index contributed by atoms with van der Waals surface area (Å²) in [7, 11) is 26.1. The number of hydrogen-bond acceptors (Lipinski definition) is 6. The molecular formula is C90H104B2N8O6. The number of nitrogens with zero attached hydrogens (tertiary/aromatic N) is 4. The van der Waals surface area contributed by atoms with Crippen molar-refractivity contribution in [3.63, 3.8) is 0 Å². The van der Waals surface area contributed by atoms with Gasteiger partial charge in [0.2, 0.25) is 0 Å². The van der Waals surface area contributed by atoms with Gasteiger partial charge < -0.3 is 78.0 Å². The molecule has 106 heavy (non-hydrogen) atoms. The summed E-state index contributed by atoms with van der Waals surface area (Å²) in [5.41, 5.74) is 16.5. The molecule has 11 aromatic rings. The van der Waals surface area contributed by atoms with Crippen LogP contribution in [0.4, 0.5) is 22.7 Å². The van der Waals surface area contributed by atoms with Gasteiger partial charge in [-0.15, -0.1) is 0 Å².